The third kappa shape index (κ3) is 2.28. The van der Waals surface area contributed by atoms with Crippen LogP contribution in [0.3, 0.4) is 0 Å². The maximum Gasteiger partial charge on any atom is 0.185 e. The highest BCUT2D eigenvalue weighted by molar-refractivity contribution is 8.93. The number of anilines is 1. The molecule has 0 aromatic carbocycles. The summed E-state index contributed by atoms with van der Waals surface area (Å²) in [5.74, 6) is 3.08. The number of aromatic nitrogens is 1. The van der Waals surface area contributed by atoms with Gasteiger partial charge in [0.1, 0.15) is 0 Å². The largest absolute Gasteiger partial charge is 0.348 e. The molecule has 0 atom stereocenters. The van der Waals surface area contributed by atoms with E-state index in [0.29, 0.717) is 5.41 Å². The monoisotopic (exact) mass is 368 g/mol. The maximum absolute atomic E-state index is 5.13. The van der Waals surface area contributed by atoms with E-state index in [2.05, 4.69) is 10.3 Å². The molecular weight excluding hydrogens is 344 g/mol. The first-order chi connectivity index (χ1) is 9.81. The summed E-state index contributed by atoms with van der Waals surface area (Å²) in [7, 11) is 0. The van der Waals surface area contributed by atoms with Crippen molar-refractivity contribution in [2.75, 3.05) is 18.0 Å². The molecule has 4 saturated carbocycles. The van der Waals surface area contributed by atoms with Gasteiger partial charge in [0.25, 0.3) is 0 Å². The average Bonchev–Trinajstić information content (AvgIpc) is 3.09. The quantitative estimate of drug-likeness (QED) is 0.745. The van der Waals surface area contributed by atoms with Crippen LogP contribution in [-0.2, 0) is 5.41 Å². The molecule has 2 heterocycles. The molecule has 4 heteroatoms. The lowest BCUT2D eigenvalue weighted by Gasteiger charge is -2.56. The van der Waals surface area contributed by atoms with Crippen LogP contribution in [0.5, 0.6) is 0 Å². The van der Waals surface area contributed by atoms with Crippen molar-refractivity contribution < 1.29 is 0 Å². The minimum Gasteiger partial charge on any atom is -0.348 e. The molecule has 1 saturated heterocycles. The predicted molar refractivity (Wildman–Crippen MR) is 93.7 cm³/mol. The van der Waals surface area contributed by atoms with Crippen molar-refractivity contribution in [3.8, 4) is 0 Å². The van der Waals surface area contributed by atoms with E-state index in [4.69, 9.17) is 4.98 Å². The minimum atomic E-state index is 0. The van der Waals surface area contributed by atoms with Crippen LogP contribution in [0.4, 0.5) is 5.13 Å². The first kappa shape index (κ1) is 14.5. The summed E-state index contributed by atoms with van der Waals surface area (Å²) in [4.78, 5) is 7.64. The van der Waals surface area contributed by atoms with Crippen molar-refractivity contribution in [3.05, 3.63) is 11.1 Å². The summed E-state index contributed by atoms with van der Waals surface area (Å²) < 4.78 is 0. The van der Waals surface area contributed by atoms with E-state index < -0.39 is 0 Å². The van der Waals surface area contributed by atoms with Gasteiger partial charge in [-0.05, 0) is 69.1 Å². The minimum absolute atomic E-state index is 0. The van der Waals surface area contributed by atoms with E-state index in [1.165, 1.54) is 75.3 Å². The Kier molecular flexibility index (Phi) is 3.61. The van der Waals surface area contributed by atoms with Gasteiger partial charge in [0, 0.05) is 23.9 Å². The van der Waals surface area contributed by atoms with E-state index in [9.17, 15) is 0 Å². The summed E-state index contributed by atoms with van der Waals surface area (Å²) in [6.45, 7) is 2.46. The van der Waals surface area contributed by atoms with E-state index in [1.54, 1.807) is 0 Å². The lowest BCUT2D eigenvalue weighted by molar-refractivity contribution is -0.00689. The highest BCUT2D eigenvalue weighted by atomic mass is 79.9. The van der Waals surface area contributed by atoms with Crippen molar-refractivity contribution >= 4 is 33.4 Å². The number of rotatable bonds is 2. The van der Waals surface area contributed by atoms with Gasteiger partial charge in [-0.2, -0.15) is 0 Å². The molecule has 5 fully saturated rings. The van der Waals surface area contributed by atoms with Gasteiger partial charge >= 0.3 is 0 Å². The Labute approximate surface area is 142 Å². The standard InChI is InChI=1S/C17H24N2S.BrH/c1-2-4-19(3-1)16-18-15(11-20-16)17-8-12-5-13(9-17)7-14(6-12)10-17;/h11-14H,1-10H2;1H. The zero-order valence-corrected chi connectivity index (χ0v) is 15.1. The molecule has 2 nitrogen and oxygen atoms in total. The van der Waals surface area contributed by atoms with E-state index in [1.807, 2.05) is 11.3 Å². The van der Waals surface area contributed by atoms with Gasteiger partial charge in [-0.1, -0.05) is 0 Å². The molecule has 0 N–H and O–H groups in total. The Morgan fingerprint density at radius 3 is 2.14 bits per heavy atom. The molecule has 0 spiro atoms. The molecule has 4 aliphatic carbocycles. The SMILES string of the molecule is Br.c1sc(N2CCCC2)nc1C12CC3CC(CC(C3)C1)C2. The highest BCUT2D eigenvalue weighted by Crippen LogP contribution is 2.60. The Bertz CT molecular complexity index is 485. The van der Waals surface area contributed by atoms with Gasteiger partial charge in [-0.3, -0.25) is 0 Å². The molecule has 1 aromatic rings. The van der Waals surface area contributed by atoms with Crippen LogP contribution < -0.4 is 4.90 Å². The molecule has 116 valence electrons. The third-order valence-corrected chi connectivity index (χ3v) is 7.35. The van der Waals surface area contributed by atoms with Crippen LogP contribution in [0.15, 0.2) is 5.38 Å². The van der Waals surface area contributed by atoms with Crippen LogP contribution in [0.25, 0.3) is 0 Å². The van der Waals surface area contributed by atoms with Crippen LogP contribution in [0.2, 0.25) is 0 Å². The van der Waals surface area contributed by atoms with Crippen molar-refractivity contribution in [1.29, 1.82) is 0 Å². The lowest BCUT2D eigenvalue weighted by Crippen LogP contribution is -2.48. The van der Waals surface area contributed by atoms with E-state index >= 15 is 0 Å². The topological polar surface area (TPSA) is 16.1 Å². The summed E-state index contributed by atoms with van der Waals surface area (Å²) >= 11 is 1.91. The average molecular weight is 369 g/mol. The smallest absolute Gasteiger partial charge is 0.185 e. The van der Waals surface area contributed by atoms with Crippen molar-refractivity contribution in [2.24, 2.45) is 17.8 Å². The highest BCUT2D eigenvalue weighted by Gasteiger charge is 2.52. The third-order valence-electron chi connectivity index (χ3n) is 6.45. The lowest BCUT2D eigenvalue weighted by atomic mass is 9.49. The van der Waals surface area contributed by atoms with Gasteiger partial charge in [-0.25, -0.2) is 4.98 Å². The number of halogens is 1. The molecule has 0 unspecified atom stereocenters. The Hall–Kier alpha value is -0.0900. The van der Waals surface area contributed by atoms with Gasteiger partial charge in [0.2, 0.25) is 0 Å². The fourth-order valence-electron chi connectivity index (χ4n) is 5.99. The normalized spacial score (nSPS) is 40.6. The zero-order valence-electron chi connectivity index (χ0n) is 12.6. The fourth-order valence-corrected chi connectivity index (χ4v) is 6.99. The van der Waals surface area contributed by atoms with Gasteiger partial charge in [0.05, 0.1) is 5.69 Å². The molecule has 0 radical (unpaired) electrons. The number of nitrogens with zero attached hydrogens (tertiary/aromatic N) is 2. The molecule has 4 bridgehead atoms. The summed E-state index contributed by atoms with van der Waals surface area (Å²) in [5.41, 5.74) is 1.96. The van der Waals surface area contributed by atoms with Crippen LogP contribution in [0, 0.1) is 17.8 Å². The number of hydrogen-bond donors (Lipinski definition) is 0. The van der Waals surface area contributed by atoms with Gasteiger partial charge in [-0.15, -0.1) is 28.3 Å². The Balaban J connectivity index is 0.00000115. The first-order valence-electron chi connectivity index (χ1n) is 8.52. The summed E-state index contributed by atoms with van der Waals surface area (Å²) in [6.07, 6.45) is 11.6. The summed E-state index contributed by atoms with van der Waals surface area (Å²) in [5, 5.41) is 3.73. The second-order valence-corrected chi connectivity index (χ2v) is 8.74. The van der Waals surface area contributed by atoms with E-state index in [0.717, 1.165) is 17.8 Å². The number of hydrogen-bond acceptors (Lipinski definition) is 3. The first-order valence-corrected chi connectivity index (χ1v) is 9.40. The van der Waals surface area contributed by atoms with Crippen molar-refractivity contribution in [1.82, 2.24) is 4.98 Å². The maximum atomic E-state index is 5.13. The Morgan fingerprint density at radius 2 is 1.57 bits per heavy atom. The van der Waals surface area contributed by atoms with E-state index in [-0.39, 0.29) is 17.0 Å². The molecule has 6 rings (SSSR count). The van der Waals surface area contributed by atoms with Gasteiger partial charge in [0.15, 0.2) is 5.13 Å². The molecule has 0 amide bonds. The molecule has 21 heavy (non-hydrogen) atoms. The second-order valence-electron chi connectivity index (χ2n) is 7.91. The molecule has 1 aromatic heterocycles. The summed E-state index contributed by atoms with van der Waals surface area (Å²) in [6, 6.07) is 0. The van der Waals surface area contributed by atoms with Crippen LogP contribution in [0.1, 0.15) is 57.1 Å². The predicted octanol–water partition coefficient (Wildman–Crippen LogP) is 4.79. The second kappa shape index (κ2) is 5.23. The van der Waals surface area contributed by atoms with Gasteiger partial charge < -0.3 is 4.90 Å². The van der Waals surface area contributed by atoms with Crippen LogP contribution >= 0.6 is 28.3 Å². The Morgan fingerprint density at radius 1 is 1.00 bits per heavy atom. The molecule has 1 aliphatic heterocycles. The molecule has 5 aliphatic rings. The fraction of sp³-hybridized carbons (Fsp3) is 0.824. The molecular formula is C17H25BrN2S. The zero-order chi connectivity index (χ0) is 13.2. The van der Waals surface area contributed by atoms with Crippen molar-refractivity contribution in [3.63, 3.8) is 0 Å². The van der Waals surface area contributed by atoms with Crippen molar-refractivity contribution in [2.45, 2.75) is 56.8 Å². The van der Waals surface area contributed by atoms with Crippen LogP contribution in [-0.4, -0.2) is 18.1 Å². The number of thiazole rings is 1.